The van der Waals surface area contributed by atoms with Crippen LogP contribution in [0.4, 0.5) is 5.69 Å². The van der Waals surface area contributed by atoms with Gasteiger partial charge in [0, 0.05) is 5.56 Å². The Morgan fingerprint density at radius 3 is 2.50 bits per heavy atom. The van der Waals surface area contributed by atoms with Gasteiger partial charge in [0.2, 0.25) is 15.9 Å². The molecule has 0 aliphatic rings. The van der Waals surface area contributed by atoms with Crippen molar-refractivity contribution >= 4 is 21.7 Å². The molecule has 9 heteroatoms. The second-order valence-corrected chi connectivity index (χ2v) is 7.11. The van der Waals surface area contributed by atoms with E-state index in [4.69, 9.17) is 9.15 Å². The van der Waals surface area contributed by atoms with Crippen LogP contribution in [0.15, 0.2) is 59.0 Å². The highest BCUT2D eigenvalue weighted by molar-refractivity contribution is 7.92. The molecule has 1 N–H and O–H groups in total. The van der Waals surface area contributed by atoms with Crippen molar-refractivity contribution in [2.45, 2.75) is 6.61 Å². The average Bonchev–Trinajstić information content (AvgIpc) is 3.08. The van der Waals surface area contributed by atoms with Crippen LogP contribution in [-0.4, -0.2) is 30.8 Å². The standard InChI is InChI=1S/C17H15N3O5S/c1-26(22,23)20-14-10-6-5-9-13(14)17(21)24-11-15-18-19-16(25-15)12-7-3-2-4-8-12/h2-10,20H,11H2,1H3. The van der Waals surface area contributed by atoms with Gasteiger partial charge in [0.1, 0.15) is 0 Å². The number of carbonyl (C=O) groups is 1. The van der Waals surface area contributed by atoms with Gasteiger partial charge in [0.25, 0.3) is 5.89 Å². The highest BCUT2D eigenvalue weighted by Crippen LogP contribution is 2.20. The van der Waals surface area contributed by atoms with Crippen LogP contribution < -0.4 is 4.72 Å². The number of carbonyl (C=O) groups excluding carboxylic acids is 1. The highest BCUT2D eigenvalue weighted by atomic mass is 32.2. The van der Waals surface area contributed by atoms with Crippen molar-refractivity contribution in [3.63, 3.8) is 0 Å². The van der Waals surface area contributed by atoms with Crippen molar-refractivity contribution in [2.75, 3.05) is 11.0 Å². The SMILES string of the molecule is CS(=O)(=O)Nc1ccccc1C(=O)OCc1nnc(-c2ccccc2)o1. The van der Waals surface area contributed by atoms with Gasteiger partial charge in [-0.25, -0.2) is 13.2 Å². The summed E-state index contributed by atoms with van der Waals surface area (Å²) in [5, 5.41) is 7.74. The van der Waals surface area contributed by atoms with Gasteiger partial charge in [0.05, 0.1) is 17.5 Å². The Balaban J connectivity index is 1.69. The van der Waals surface area contributed by atoms with E-state index in [1.54, 1.807) is 12.1 Å². The molecule has 0 fully saturated rings. The monoisotopic (exact) mass is 373 g/mol. The molecule has 0 radical (unpaired) electrons. The summed E-state index contributed by atoms with van der Waals surface area (Å²) in [6.45, 7) is -0.230. The highest BCUT2D eigenvalue weighted by Gasteiger charge is 2.16. The third-order valence-corrected chi connectivity index (χ3v) is 3.85. The summed E-state index contributed by atoms with van der Waals surface area (Å²) in [4.78, 5) is 12.3. The van der Waals surface area contributed by atoms with Crippen LogP contribution in [0, 0.1) is 0 Å². The number of sulfonamides is 1. The molecule has 1 aromatic heterocycles. The van der Waals surface area contributed by atoms with Crippen LogP contribution in [0.1, 0.15) is 16.2 Å². The number of hydrogen-bond acceptors (Lipinski definition) is 7. The first kappa shape index (κ1) is 17.6. The van der Waals surface area contributed by atoms with E-state index in [-0.39, 0.29) is 23.7 Å². The Bertz CT molecular complexity index is 1020. The van der Waals surface area contributed by atoms with Crippen molar-refractivity contribution in [3.05, 3.63) is 66.1 Å². The minimum atomic E-state index is -3.53. The number of rotatable bonds is 6. The molecular weight excluding hydrogens is 358 g/mol. The molecule has 26 heavy (non-hydrogen) atoms. The molecule has 0 atom stereocenters. The molecule has 8 nitrogen and oxygen atoms in total. The van der Waals surface area contributed by atoms with Crippen molar-refractivity contribution in [3.8, 4) is 11.5 Å². The van der Waals surface area contributed by atoms with Crippen LogP contribution in [0.2, 0.25) is 0 Å². The van der Waals surface area contributed by atoms with Crippen LogP contribution in [-0.2, 0) is 21.4 Å². The molecule has 134 valence electrons. The number of aromatic nitrogens is 2. The fraction of sp³-hybridized carbons (Fsp3) is 0.118. The van der Waals surface area contributed by atoms with E-state index in [1.165, 1.54) is 12.1 Å². The quantitative estimate of drug-likeness (QED) is 0.661. The third-order valence-electron chi connectivity index (χ3n) is 3.26. The molecule has 0 bridgehead atoms. The lowest BCUT2D eigenvalue weighted by molar-refractivity contribution is 0.0440. The van der Waals surface area contributed by atoms with Gasteiger partial charge >= 0.3 is 5.97 Å². The van der Waals surface area contributed by atoms with Gasteiger partial charge in [-0.3, -0.25) is 4.72 Å². The molecule has 0 aliphatic heterocycles. The predicted molar refractivity (Wildman–Crippen MR) is 93.8 cm³/mol. The lowest BCUT2D eigenvalue weighted by Gasteiger charge is -2.09. The van der Waals surface area contributed by atoms with Gasteiger partial charge in [0.15, 0.2) is 6.61 Å². The van der Waals surface area contributed by atoms with Crippen LogP contribution in [0.5, 0.6) is 0 Å². The van der Waals surface area contributed by atoms with Crippen LogP contribution in [0.3, 0.4) is 0 Å². The van der Waals surface area contributed by atoms with Crippen molar-refractivity contribution < 1.29 is 22.4 Å². The second kappa shape index (κ2) is 7.36. The Kier molecular flexibility index (Phi) is 4.99. The molecule has 3 aromatic rings. The predicted octanol–water partition coefficient (Wildman–Crippen LogP) is 2.47. The third kappa shape index (κ3) is 4.45. The van der Waals surface area contributed by atoms with E-state index < -0.39 is 16.0 Å². The molecule has 3 rings (SSSR count). The zero-order valence-electron chi connectivity index (χ0n) is 13.7. The van der Waals surface area contributed by atoms with Crippen molar-refractivity contribution in [1.82, 2.24) is 10.2 Å². The number of hydrogen-bond donors (Lipinski definition) is 1. The first-order chi connectivity index (χ1) is 12.4. The molecular formula is C17H15N3O5S. The lowest BCUT2D eigenvalue weighted by Crippen LogP contribution is -2.14. The molecule has 2 aromatic carbocycles. The van der Waals surface area contributed by atoms with E-state index in [0.717, 1.165) is 11.8 Å². The summed E-state index contributed by atoms with van der Waals surface area (Å²) < 4.78 is 35.7. The summed E-state index contributed by atoms with van der Waals surface area (Å²) >= 11 is 0. The van der Waals surface area contributed by atoms with Gasteiger partial charge < -0.3 is 9.15 Å². The number of anilines is 1. The average molecular weight is 373 g/mol. The summed E-state index contributed by atoms with van der Waals surface area (Å²) in [5.74, 6) is -0.266. The molecule has 0 saturated heterocycles. The van der Waals surface area contributed by atoms with Crippen molar-refractivity contribution in [2.24, 2.45) is 0 Å². The van der Waals surface area contributed by atoms with E-state index in [9.17, 15) is 13.2 Å². The topological polar surface area (TPSA) is 111 Å². The number of nitrogens with zero attached hydrogens (tertiary/aromatic N) is 2. The maximum atomic E-state index is 12.3. The van der Waals surface area contributed by atoms with E-state index in [1.807, 2.05) is 30.3 Å². The Hall–Kier alpha value is -3.20. The zero-order chi connectivity index (χ0) is 18.6. The fourth-order valence-electron chi connectivity index (χ4n) is 2.16. The zero-order valence-corrected chi connectivity index (χ0v) is 14.6. The summed E-state index contributed by atoms with van der Waals surface area (Å²) in [7, 11) is -3.53. The van der Waals surface area contributed by atoms with Gasteiger partial charge in [-0.1, -0.05) is 30.3 Å². The normalized spacial score (nSPS) is 11.1. The van der Waals surface area contributed by atoms with Crippen molar-refractivity contribution in [1.29, 1.82) is 0 Å². The number of esters is 1. The van der Waals surface area contributed by atoms with E-state index >= 15 is 0 Å². The van der Waals surface area contributed by atoms with Gasteiger partial charge in [-0.2, -0.15) is 0 Å². The minimum Gasteiger partial charge on any atom is -0.452 e. The smallest absolute Gasteiger partial charge is 0.340 e. The van der Waals surface area contributed by atoms with Gasteiger partial charge in [-0.05, 0) is 24.3 Å². The maximum Gasteiger partial charge on any atom is 0.340 e. The number of para-hydroxylation sites is 1. The second-order valence-electron chi connectivity index (χ2n) is 5.36. The van der Waals surface area contributed by atoms with E-state index in [2.05, 4.69) is 14.9 Å². The summed E-state index contributed by atoms with van der Waals surface area (Å²) in [5.41, 5.74) is 0.969. The molecule has 0 spiro atoms. The number of benzene rings is 2. The Morgan fingerprint density at radius 1 is 1.08 bits per heavy atom. The number of ether oxygens (including phenoxy) is 1. The molecule has 0 amide bonds. The van der Waals surface area contributed by atoms with E-state index in [0.29, 0.717) is 5.89 Å². The Morgan fingerprint density at radius 2 is 1.77 bits per heavy atom. The number of nitrogens with one attached hydrogen (secondary N) is 1. The summed E-state index contributed by atoms with van der Waals surface area (Å²) in [6.07, 6.45) is 0.999. The molecule has 1 heterocycles. The van der Waals surface area contributed by atoms with Crippen LogP contribution >= 0.6 is 0 Å². The van der Waals surface area contributed by atoms with Crippen LogP contribution in [0.25, 0.3) is 11.5 Å². The molecule has 0 aliphatic carbocycles. The minimum absolute atomic E-state index is 0.0840. The first-order valence-electron chi connectivity index (χ1n) is 7.54. The van der Waals surface area contributed by atoms with Gasteiger partial charge in [-0.15, -0.1) is 10.2 Å². The molecule has 0 unspecified atom stereocenters. The fourth-order valence-corrected chi connectivity index (χ4v) is 2.74. The Labute approximate surface area is 149 Å². The largest absolute Gasteiger partial charge is 0.452 e. The first-order valence-corrected chi connectivity index (χ1v) is 9.43. The lowest BCUT2D eigenvalue weighted by atomic mass is 10.2. The molecule has 0 saturated carbocycles. The maximum absolute atomic E-state index is 12.3. The summed E-state index contributed by atoms with van der Waals surface area (Å²) in [6, 6.07) is 15.3.